The number of thiocarbonyl (C=S) groups is 1. The Hall–Kier alpha value is -0.350. The van der Waals surface area contributed by atoms with Crippen molar-refractivity contribution < 1.29 is 4.74 Å². The lowest BCUT2D eigenvalue weighted by Gasteiger charge is -2.34. The summed E-state index contributed by atoms with van der Waals surface area (Å²) in [4.78, 5) is 2.21. The van der Waals surface area contributed by atoms with E-state index < -0.39 is 0 Å². The van der Waals surface area contributed by atoms with Crippen molar-refractivity contribution in [3.63, 3.8) is 0 Å². The summed E-state index contributed by atoms with van der Waals surface area (Å²) in [7, 11) is 0. The normalized spacial score (nSPS) is 23.8. The summed E-state index contributed by atoms with van der Waals surface area (Å²) in [6.45, 7) is 3.51. The first-order valence-electron chi connectivity index (χ1n) is 4.99. The minimum absolute atomic E-state index is 0.648. The van der Waals surface area contributed by atoms with Crippen molar-refractivity contribution in [3.8, 4) is 0 Å². The van der Waals surface area contributed by atoms with E-state index in [1.54, 1.807) is 0 Å². The summed E-state index contributed by atoms with van der Waals surface area (Å²) >= 11 is 5.31. The second-order valence-electron chi connectivity index (χ2n) is 3.68. The Kier molecular flexibility index (Phi) is 3.01. The largest absolute Gasteiger partial charge is 0.378 e. The molecule has 0 atom stereocenters. The summed E-state index contributed by atoms with van der Waals surface area (Å²) in [5.74, 6) is 0. The fourth-order valence-electron chi connectivity index (χ4n) is 1.58. The maximum absolute atomic E-state index is 5.31. The van der Waals surface area contributed by atoms with Crippen molar-refractivity contribution >= 4 is 17.3 Å². The molecule has 0 amide bonds. The molecule has 13 heavy (non-hydrogen) atoms. The highest BCUT2D eigenvalue weighted by Crippen LogP contribution is 2.18. The van der Waals surface area contributed by atoms with Crippen molar-refractivity contribution in [2.24, 2.45) is 0 Å². The van der Waals surface area contributed by atoms with Crippen LogP contribution in [-0.4, -0.2) is 42.4 Å². The lowest BCUT2D eigenvalue weighted by molar-refractivity contribution is 0.0670. The van der Waals surface area contributed by atoms with Gasteiger partial charge >= 0.3 is 0 Å². The summed E-state index contributed by atoms with van der Waals surface area (Å²) in [6.07, 6.45) is 3.92. The molecule has 0 radical (unpaired) electrons. The van der Waals surface area contributed by atoms with Crippen molar-refractivity contribution in [1.82, 2.24) is 10.2 Å². The van der Waals surface area contributed by atoms with Crippen LogP contribution in [0.3, 0.4) is 0 Å². The third kappa shape index (κ3) is 2.31. The Bertz CT molecular complexity index is 188. The molecule has 1 saturated heterocycles. The first-order valence-corrected chi connectivity index (χ1v) is 5.40. The molecule has 0 bridgehead atoms. The second-order valence-corrected chi connectivity index (χ2v) is 4.06. The lowest BCUT2D eigenvalue weighted by Crippen LogP contribution is -2.50. The van der Waals surface area contributed by atoms with Crippen LogP contribution in [0, 0.1) is 0 Å². The number of morpholine rings is 1. The highest BCUT2D eigenvalue weighted by atomic mass is 32.1. The van der Waals surface area contributed by atoms with Gasteiger partial charge in [0.2, 0.25) is 0 Å². The van der Waals surface area contributed by atoms with Gasteiger partial charge in [0, 0.05) is 19.1 Å². The SMILES string of the molecule is S=C(NC1CCC1)N1CCOCC1. The van der Waals surface area contributed by atoms with E-state index in [-0.39, 0.29) is 0 Å². The summed E-state index contributed by atoms with van der Waals surface area (Å²) in [6, 6.07) is 0.648. The van der Waals surface area contributed by atoms with E-state index in [2.05, 4.69) is 10.2 Å². The number of nitrogens with one attached hydrogen (secondary N) is 1. The van der Waals surface area contributed by atoms with Crippen LogP contribution in [0.15, 0.2) is 0 Å². The first-order chi connectivity index (χ1) is 6.36. The van der Waals surface area contributed by atoms with Gasteiger partial charge in [-0.05, 0) is 31.5 Å². The van der Waals surface area contributed by atoms with Crippen LogP contribution in [0.25, 0.3) is 0 Å². The molecule has 1 aliphatic heterocycles. The van der Waals surface area contributed by atoms with Crippen molar-refractivity contribution in [2.75, 3.05) is 26.3 Å². The molecule has 3 nitrogen and oxygen atoms in total. The van der Waals surface area contributed by atoms with Gasteiger partial charge in [0.25, 0.3) is 0 Å². The second kappa shape index (κ2) is 4.24. The number of ether oxygens (including phenoxy) is 1. The molecule has 0 aromatic heterocycles. The van der Waals surface area contributed by atoms with E-state index in [9.17, 15) is 0 Å². The van der Waals surface area contributed by atoms with Gasteiger partial charge in [0.15, 0.2) is 5.11 Å². The topological polar surface area (TPSA) is 24.5 Å². The van der Waals surface area contributed by atoms with Crippen LogP contribution in [0.4, 0.5) is 0 Å². The smallest absolute Gasteiger partial charge is 0.169 e. The molecule has 2 aliphatic rings. The molecule has 0 spiro atoms. The number of rotatable bonds is 1. The lowest BCUT2D eigenvalue weighted by atomic mass is 9.93. The average molecular weight is 200 g/mol. The fourth-order valence-corrected chi connectivity index (χ4v) is 1.93. The Morgan fingerprint density at radius 2 is 2.00 bits per heavy atom. The van der Waals surface area contributed by atoms with Crippen molar-refractivity contribution in [3.05, 3.63) is 0 Å². The zero-order valence-electron chi connectivity index (χ0n) is 7.79. The van der Waals surface area contributed by atoms with E-state index in [1.165, 1.54) is 19.3 Å². The molecule has 2 rings (SSSR count). The Morgan fingerprint density at radius 3 is 2.54 bits per heavy atom. The predicted molar refractivity (Wildman–Crippen MR) is 55.8 cm³/mol. The monoisotopic (exact) mass is 200 g/mol. The van der Waals surface area contributed by atoms with Crippen LogP contribution in [0.5, 0.6) is 0 Å². The summed E-state index contributed by atoms with van der Waals surface area (Å²) in [5.41, 5.74) is 0. The minimum atomic E-state index is 0.648. The van der Waals surface area contributed by atoms with E-state index in [0.29, 0.717) is 6.04 Å². The standard InChI is InChI=1S/C9H16N2OS/c13-9(10-8-2-1-3-8)11-4-6-12-7-5-11/h8H,1-7H2,(H,10,13). The Morgan fingerprint density at radius 1 is 1.31 bits per heavy atom. The predicted octanol–water partition coefficient (Wildman–Crippen LogP) is 0.746. The Balaban J connectivity index is 1.74. The van der Waals surface area contributed by atoms with Gasteiger partial charge in [-0.1, -0.05) is 0 Å². The van der Waals surface area contributed by atoms with Crippen LogP contribution in [0.2, 0.25) is 0 Å². The van der Waals surface area contributed by atoms with Gasteiger partial charge in [0.05, 0.1) is 13.2 Å². The number of hydrogen-bond acceptors (Lipinski definition) is 2. The van der Waals surface area contributed by atoms with Gasteiger partial charge in [-0.15, -0.1) is 0 Å². The molecule has 2 fully saturated rings. The molecular formula is C9H16N2OS. The van der Waals surface area contributed by atoms with Crippen molar-refractivity contribution in [2.45, 2.75) is 25.3 Å². The van der Waals surface area contributed by atoms with E-state index in [1.807, 2.05) is 0 Å². The number of hydrogen-bond donors (Lipinski definition) is 1. The molecule has 0 unspecified atom stereocenters. The quantitative estimate of drug-likeness (QED) is 0.631. The maximum atomic E-state index is 5.31. The molecule has 1 aliphatic carbocycles. The van der Waals surface area contributed by atoms with Gasteiger partial charge in [-0.25, -0.2) is 0 Å². The summed E-state index contributed by atoms with van der Waals surface area (Å²) in [5, 5.41) is 4.31. The highest BCUT2D eigenvalue weighted by molar-refractivity contribution is 7.80. The van der Waals surface area contributed by atoms with E-state index in [0.717, 1.165) is 31.4 Å². The van der Waals surface area contributed by atoms with E-state index >= 15 is 0 Å². The zero-order valence-corrected chi connectivity index (χ0v) is 8.61. The fraction of sp³-hybridized carbons (Fsp3) is 0.889. The van der Waals surface area contributed by atoms with Gasteiger partial charge in [0.1, 0.15) is 0 Å². The molecule has 0 aromatic carbocycles. The van der Waals surface area contributed by atoms with Crippen molar-refractivity contribution in [1.29, 1.82) is 0 Å². The molecule has 1 heterocycles. The minimum Gasteiger partial charge on any atom is -0.378 e. The molecule has 1 saturated carbocycles. The van der Waals surface area contributed by atoms with Crippen LogP contribution in [0.1, 0.15) is 19.3 Å². The van der Waals surface area contributed by atoms with Gasteiger partial charge in [-0.2, -0.15) is 0 Å². The third-order valence-electron chi connectivity index (χ3n) is 2.73. The molecule has 1 N–H and O–H groups in total. The summed E-state index contributed by atoms with van der Waals surface area (Å²) < 4.78 is 5.27. The van der Waals surface area contributed by atoms with Crippen LogP contribution < -0.4 is 5.32 Å². The third-order valence-corrected chi connectivity index (χ3v) is 3.11. The van der Waals surface area contributed by atoms with Gasteiger partial charge < -0.3 is 15.0 Å². The average Bonchev–Trinajstić information content (AvgIpc) is 2.12. The molecular weight excluding hydrogens is 184 g/mol. The molecule has 0 aromatic rings. The van der Waals surface area contributed by atoms with Crippen LogP contribution in [-0.2, 0) is 4.74 Å². The first kappa shape index (κ1) is 9.21. The van der Waals surface area contributed by atoms with Gasteiger partial charge in [-0.3, -0.25) is 0 Å². The molecule has 74 valence electrons. The number of nitrogens with zero attached hydrogens (tertiary/aromatic N) is 1. The highest BCUT2D eigenvalue weighted by Gasteiger charge is 2.21. The van der Waals surface area contributed by atoms with E-state index in [4.69, 9.17) is 17.0 Å². The van der Waals surface area contributed by atoms with Crippen LogP contribution >= 0.6 is 12.2 Å². The zero-order chi connectivity index (χ0) is 9.10. The molecule has 4 heteroatoms. The maximum Gasteiger partial charge on any atom is 0.169 e. The Labute approximate surface area is 84.4 Å².